The Labute approximate surface area is 215 Å². The minimum atomic E-state index is 0.386. The molecule has 1 aromatic heterocycles. The highest BCUT2D eigenvalue weighted by Crippen LogP contribution is 2.44. The lowest BCUT2D eigenvalue weighted by molar-refractivity contribution is 0.806. The van der Waals surface area contributed by atoms with Gasteiger partial charge in [0.05, 0.1) is 11.9 Å². The molecule has 36 heavy (non-hydrogen) atoms. The molecule has 0 radical (unpaired) electrons. The second kappa shape index (κ2) is 9.77. The van der Waals surface area contributed by atoms with Crippen molar-refractivity contribution in [3.63, 3.8) is 0 Å². The molecular formula is C32H36N4. The van der Waals surface area contributed by atoms with Crippen molar-refractivity contribution in [1.82, 2.24) is 9.97 Å². The van der Waals surface area contributed by atoms with Gasteiger partial charge in [0, 0.05) is 16.9 Å². The zero-order valence-corrected chi connectivity index (χ0v) is 22.2. The Hall–Kier alpha value is -3.66. The summed E-state index contributed by atoms with van der Waals surface area (Å²) in [5.74, 6) is 3.05. The van der Waals surface area contributed by atoms with E-state index in [0.29, 0.717) is 24.4 Å². The van der Waals surface area contributed by atoms with Crippen molar-refractivity contribution < 1.29 is 0 Å². The Kier molecular flexibility index (Phi) is 6.53. The molecule has 0 unspecified atom stereocenters. The summed E-state index contributed by atoms with van der Waals surface area (Å²) in [7, 11) is 0. The van der Waals surface area contributed by atoms with Crippen molar-refractivity contribution >= 4 is 23.0 Å². The summed E-state index contributed by atoms with van der Waals surface area (Å²) in [6.07, 6.45) is 1.98. The van der Waals surface area contributed by atoms with Crippen LogP contribution in [0.3, 0.4) is 0 Å². The first-order valence-electron chi connectivity index (χ1n) is 13.1. The fourth-order valence-electron chi connectivity index (χ4n) is 5.02. The molecule has 1 aliphatic heterocycles. The van der Waals surface area contributed by atoms with E-state index in [1.54, 1.807) is 0 Å². The molecule has 5 rings (SSSR count). The number of aromatic nitrogens is 2. The summed E-state index contributed by atoms with van der Waals surface area (Å²) in [5, 5.41) is 0. The van der Waals surface area contributed by atoms with Gasteiger partial charge in [-0.05, 0) is 58.7 Å². The van der Waals surface area contributed by atoms with Crippen LogP contribution in [0.1, 0.15) is 76.0 Å². The molecule has 0 bridgehead atoms. The van der Waals surface area contributed by atoms with Gasteiger partial charge in [0.15, 0.2) is 11.6 Å². The molecule has 0 fully saturated rings. The summed E-state index contributed by atoms with van der Waals surface area (Å²) >= 11 is 0. The van der Waals surface area contributed by atoms with Gasteiger partial charge in [0.1, 0.15) is 6.67 Å². The van der Waals surface area contributed by atoms with Crippen LogP contribution in [0, 0.1) is 0 Å². The molecule has 4 aromatic rings. The van der Waals surface area contributed by atoms with E-state index in [4.69, 9.17) is 9.97 Å². The Morgan fingerprint density at radius 1 is 0.639 bits per heavy atom. The van der Waals surface area contributed by atoms with Crippen molar-refractivity contribution in [2.75, 3.05) is 16.5 Å². The van der Waals surface area contributed by atoms with Crippen LogP contribution in [-0.4, -0.2) is 16.6 Å². The molecule has 0 amide bonds. The molecule has 4 nitrogen and oxygen atoms in total. The molecule has 0 N–H and O–H groups in total. The Bertz CT molecular complexity index is 1310. The van der Waals surface area contributed by atoms with E-state index in [9.17, 15) is 0 Å². The first-order chi connectivity index (χ1) is 17.3. The zero-order valence-electron chi connectivity index (χ0n) is 22.2. The summed E-state index contributed by atoms with van der Waals surface area (Å²) in [6.45, 7) is 14.3. The average Bonchev–Trinajstić information content (AvgIpc) is 3.27. The van der Waals surface area contributed by atoms with E-state index in [1.165, 1.54) is 22.3 Å². The van der Waals surface area contributed by atoms with Crippen LogP contribution < -0.4 is 9.80 Å². The smallest absolute Gasteiger partial charge is 0.179 e. The Morgan fingerprint density at radius 2 is 1.14 bits per heavy atom. The molecule has 0 spiro atoms. The summed E-state index contributed by atoms with van der Waals surface area (Å²) < 4.78 is 0. The summed E-state index contributed by atoms with van der Waals surface area (Å²) in [5.41, 5.74) is 8.52. The van der Waals surface area contributed by atoms with Gasteiger partial charge in [-0.2, -0.15) is 0 Å². The quantitative estimate of drug-likeness (QED) is 0.278. The van der Waals surface area contributed by atoms with E-state index in [0.717, 1.165) is 28.7 Å². The van der Waals surface area contributed by atoms with E-state index in [-0.39, 0.29) is 0 Å². The van der Waals surface area contributed by atoms with Crippen LogP contribution in [-0.2, 0) is 0 Å². The van der Waals surface area contributed by atoms with Gasteiger partial charge in [-0.3, -0.25) is 0 Å². The minimum absolute atomic E-state index is 0.386. The second-order valence-electron chi connectivity index (χ2n) is 10.6. The number of para-hydroxylation sites is 2. The largest absolute Gasteiger partial charge is 0.305 e. The number of anilines is 4. The lowest BCUT2D eigenvalue weighted by atomic mass is 9.83. The van der Waals surface area contributed by atoms with Gasteiger partial charge in [-0.1, -0.05) is 90.1 Å². The van der Waals surface area contributed by atoms with Crippen LogP contribution in [0.15, 0.2) is 79.0 Å². The fraction of sp³-hybridized carbons (Fsp3) is 0.312. The summed E-state index contributed by atoms with van der Waals surface area (Å²) in [4.78, 5) is 14.9. The maximum Gasteiger partial charge on any atom is 0.179 e. The van der Waals surface area contributed by atoms with Gasteiger partial charge in [-0.15, -0.1) is 0 Å². The van der Waals surface area contributed by atoms with Crippen molar-refractivity contribution in [3.05, 3.63) is 95.7 Å². The highest BCUT2D eigenvalue weighted by Gasteiger charge is 2.32. The first-order valence-corrected chi connectivity index (χ1v) is 13.1. The van der Waals surface area contributed by atoms with Crippen molar-refractivity contribution in [1.29, 1.82) is 0 Å². The van der Waals surface area contributed by atoms with Crippen LogP contribution in [0.4, 0.5) is 23.0 Å². The van der Waals surface area contributed by atoms with E-state index >= 15 is 0 Å². The number of rotatable bonds is 6. The van der Waals surface area contributed by atoms with E-state index < -0.39 is 0 Å². The first kappa shape index (κ1) is 24.1. The fourth-order valence-corrected chi connectivity index (χ4v) is 5.02. The van der Waals surface area contributed by atoms with Gasteiger partial charge >= 0.3 is 0 Å². The Balaban J connectivity index is 1.72. The normalized spacial score (nSPS) is 13.2. The van der Waals surface area contributed by atoms with Crippen LogP contribution in [0.2, 0.25) is 0 Å². The van der Waals surface area contributed by atoms with Crippen molar-refractivity contribution in [2.45, 2.75) is 59.3 Å². The van der Waals surface area contributed by atoms with E-state index in [2.05, 4.69) is 118 Å². The lowest BCUT2D eigenvalue weighted by Crippen LogP contribution is -2.24. The van der Waals surface area contributed by atoms with Gasteiger partial charge < -0.3 is 9.80 Å². The topological polar surface area (TPSA) is 32.3 Å². The molecule has 0 atom stereocenters. The molecule has 1 aliphatic rings. The number of benzene rings is 3. The monoisotopic (exact) mass is 476 g/mol. The minimum Gasteiger partial charge on any atom is -0.305 e. The summed E-state index contributed by atoms with van der Waals surface area (Å²) in [6, 6.07) is 25.7. The maximum atomic E-state index is 5.34. The van der Waals surface area contributed by atoms with Crippen LogP contribution >= 0.6 is 0 Å². The molecule has 0 saturated carbocycles. The lowest BCUT2D eigenvalue weighted by Gasteiger charge is -2.23. The third-order valence-electron chi connectivity index (χ3n) is 7.05. The highest BCUT2D eigenvalue weighted by atomic mass is 15.4. The van der Waals surface area contributed by atoms with E-state index in [1.807, 2.05) is 12.3 Å². The maximum absolute atomic E-state index is 5.34. The SMILES string of the molecule is CC(C)c1cc(C(C)C)c(-c2cnc3c(n2)N(c2ccccc2)CN3c2ccccc2)c(C(C)C)c1. The van der Waals surface area contributed by atoms with Crippen LogP contribution in [0.25, 0.3) is 11.3 Å². The Morgan fingerprint density at radius 3 is 1.61 bits per heavy atom. The third-order valence-corrected chi connectivity index (χ3v) is 7.05. The molecule has 4 heteroatoms. The van der Waals surface area contributed by atoms with Crippen molar-refractivity contribution in [2.24, 2.45) is 0 Å². The molecule has 184 valence electrons. The number of hydrogen-bond acceptors (Lipinski definition) is 4. The van der Waals surface area contributed by atoms with Gasteiger partial charge in [0.25, 0.3) is 0 Å². The van der Waals surface area contributed by atoms with Crippen LogP contribution in [0.5, 0.6) is 0 Å². The zero-order chi connectivity index (χ0) is 25.4. The molecular weight excluding hydrogens is 440 g/mol. The molecule has 0 aliphatic carbocycles. The average molecular weight is 477 g/mol. The van der Waals surface area contributed by atoms with Gasteiger partial charge in [0.2, 0.25) is 0 Å². The second-order valence-corrected chi connectivity index (χ2v) is 10.6. The number of fused-ring (bicyclic) bond motifs is 1. The highest BCUT2D eigenvalue weighted by molar-refractivity contribution is 5.84. The van der Waals surface area contributed by atoms with Gasteiger partial charge in [-0.25, -0.2) is 9.97 Å². The third kappa shape index (κ3) is 4.37. The molecule has 3 aromatic carbocycles. The number of nitrogens with zero attached hydrogens (tertiary/aromatic N) is 4. The standard InChI is InChI=1S/C32H36N4/c1-21(2)24-17-27(22(3)4)30(28(18-24)23(5)6)29-19-33-31-32(34-29)36(26-15-11-8-12-16-26)20-35(31)25-13-9-7-10-14-25/h7-19,21-23H,20H2,1-6H3. The molecule has 0 saturated heterocycles. The predicted molar refractivity (Wildman–Crippen MR) is 152 cm³/mol. The number of hydrogen-bond donors (Lipinski definition) is 0. The molecule has 2 heterocycles. The van der Waals surface area contributed by atoms with Crippen molar-refractivity contribution in [3.8, 4) is 11.3 Å². The predicted octanol–water partition coefficient (Wildman–Crippen LogP) is 8.76.